The number of aryl methyl sites for hydroxylation is 4. The summed E-state index contributed by atoms with van der Waals surface area (Å²) in [5.41, 5.74) is 5.81. The molecule has 2 rings (SSSR count). The molecule has 0 aliphatic carbocycles. The van der Waals surface area contributed by atoms with E-state index >= 15 is 0 Å². The van der Waals surface area contributed by atoms with Crippen molar-refractivity contribution in [1.29, 1.82) is 0 Å². The molecule has 18 heavy (non-hydrogen) atoms. The highest BCUT2D eigenvalue weighted by Crippen LogP contribution is 2.18. The SMILES string of the molecule is Cc1cc(C)c(CCC2CNCCN2C)cc1C. The van der Waals surface area contributed by atoms with Gasteiger partial charge in [0.15, 0.2) is 0 Å². The number of piperazine rings is 1. The zero-order valence-corrected chi connectivity index (χ0v) is 12.2. The van der Waals surface area contributed by atoms with Gasteiger partial charge in [0.25, 0.3) is 0 Å². The summed E-state index contributed by atoms with van der Waals surface area (Å²) in [5, 5.41) is 3.49. The molecular weight excluding hydrogens is 220 g/mol. The lowest BCUT2D eigenvalue weighted by Gasteiger charge is -2.33. The number of hydrogen-bond acceptors (Lipinski definition) is 2. The number of nitrogens with one attached hydrogen (secondary N) is 1. The third-order valence-electron chi connectivity index (χ3n) is 4.34. The van der Waals surface area contributed by atoms with Gasteiger partial charge in [0.05, 0.1) is 0 Å². The fourth-order valence-corrected chi connectivity index (χ4v) is 2.80. The Morgan fingerprint density at radius 1 is 1.17 bits per heavy atom. The summed E-state index contributed by atoms with van der Waals surface area (Å²) in [6, 6.07) is 5.40. The summed E-state index contributed by atoms with van der Waals surface area (Å²) in [7, 11) is 2.25. The van der Waals surface area contributed by atoms with E-state index < -0.39 is 0 Å². The van der Waals surface area contributed by atoms with Gasteiger partial charge in [-0.2, -0.15) is 0 Å². The van der Waals surface area contributed by atoms with Crippen LogP contribution in [0.1, 0.15) is 28.7 Å². The molecule has 0 bridgehead atoms. The van der Waals surface area contributed by atoms with Crippen molar-refractivity contribution in [2.45, 2.75) is 39.7 Å². The molecule has 0 aromatic heterocycles. The minimum atomic E-state index is 0.694. The molecule has 2 heteroatoms. The van der Waals surface area contributed by atoms with E-state index in [1.165, 1.54) is 41.6 Å². The lowest BCUT2D eigenvalue weighted by Crippen LogP contribution is -2.49. The molecule has 1 aromatic rings. The maximum Gasteiger partial charge on any atom is 0.0221 e. The van der Waals surface area contributed by atoms with Crippen LogP contribution in [-0.4, -0.2) is 37.6 Å². The fraction of sp³-hybridized carbons (Fsp3) is 0.625. The molecule has 0 radical (unpaired) electrons. The minimum absolute atomic E-state index is 0.694. The summed E-state index contributed by atoms with van der Waals surface area (Å²) < 4.78 is 0. The van der Waals surface area contributed by atoms with Crippen molar-refractivity contribution < 1.29 is 0 Å². The molecule has 1 aromatic carbocycles. The predicted octanol–water partition coefficient (Wildman–Crippen LogP) is 2.45. The highest BCUT2D eigenvalue weighted by Gasteiger charge is 2.18. The van der Waals surface area contributed by atoms with E-state index in [-0.39, 0.29) is 0 Å². The monoisotopic (exact) mass is 246 g/mol. The Labute approximate surface area is 111 Å². The molecule has 0 saturated carbocycles. The Bertz CT molecular complexity index is 412. The van der Waals surface area contributed by atoms with Gasteiger partial charge in [-0.25, -0.2) is 0 Å². The quantitative estimate of drug-likeness (QED) is 0.881. The van der Waals surface area contributed by atoms with Crippen molar-refractivity contribution in [3.8, 4) is 0 Å². The van der Waals surface area contributed by atoms with E-state index in [0.717, 1.165) is 13.1 Å². The van der Waals surface area contributed by atoms with Crippen molar-refractivity contribution in [3.05, 3.63) is 34.4 Å². The van der Waals surface area contributed by atoms with E-state index in [2.05, 4.69) is 50.2 Å². The molecule has 1 fully saturated rings. The predicted molar refractivity (Wildman–Crippen MR) is 78.3 cm³/mol. The molecule has 2 nitrogen and oxygen atoms in total. The molecule has 1 saturated heterocycles. The van der Waals surface area contributed by atoms with Gasteiger partial charge in [0, 0.05) is 25.7 Å². The summed E-state index contributed by atoms with van der Waals surface area (Å²) in [5.74, 6) is 0. The van der Waals surface area contributed by atoms with Crippen LogP contribution < -0.4 is 5.32 Å². The van der Waals surface area contributed by atoms with Crippen LogP contribution in [0.25, 0.3) is 0 Å². The van der Waals surface area contributed by atoms with Crippen molar-refractivity contribution in [2.24, 2.45) is 0 Å². The molecule has 1 heterocycles. The lowest BCUT2D eigenvalue weighted by atomic mass is 9.95. The first-order valence-electron chi connectivity index (χ1n) is 7.05. The van der Waals surface area contributed by atoms with E-state index in [4.69, 9.17) is 0 Å². The molecule has 1 aliphatic heterocycles. The first kappa shape index (κ1) is 13.6. The first-order chi connectivity index (χ1) is 8.58. The minimum Gasteiger partial charge on any atom is -0.314 e. The molecule has 1 N–H and O–H groups in total. The van der Waals surface area contributed by atoms with Gasteiger partial charge in [0.2, 0.25) is 0 Å². The van der Waals surface area contributed by atoms with Crippen molar-refractivity contribution >= 4 is 0 Å². The number of hydrogen-bond donors (Lipinski definition) is 1. The Kier molecular flexibility index (Phi) is 4.41. The Morgan fingerprint density at radius 3 is 2.61 bits per heavy atom. The first-order valence-corrected chi connectivity index (χ1v) is 7.05. The molecule has 100 valence electrons. The van der Waals surface area contributed by atoms with Crippen molar-refractivity contribution in [3.63, 3.8) is 0 Å². The number of likely N-dealkylation sites (N-methyl/N-ethyl adjacent to an activating group) is 1. The average Bonchev–Trinajstić information content (AvgIpc) is 2.34. The van der Waals surface area contributed by atoms with Crippen LogP contribution in [0.5, 0.6) is 0 Å². The van der Waals surface area contributed by atoms with Gasteiger partial charge in [-0.3, -0.25) is 0 Å². The zero-order chi connectivity index (χ0) is 13.1. The topological polar surface area (TPSA) is 15.3 Å². The standard InChI is InChI=1S/C16H26N2/c1-12-9-14(3)15(10-13(12)2)5-6-16-11-17-7-8-18(16)4/h9-10,16-17H,5-8,11H2,1-4H3. The maximum atomic E-state index is 3.49. The fourth-order valence-electron chi connectivity index (χ4n) is 2.80. The second-order valence-corrected chi connectivity index (χ2v) is 5.74. The highest BCUT2D eigenvalue weighted by molar-refractivity contribution is 5.36. The van der Waals surface area contributed by atoms with E-state index in [9.17, 15) is 0 Å². The van der Waals surface area contributed by atoms with Crippen molar-refractivity contribution in [1.82, 2.24) is 10.2 Å². The van der Waals surface area contributed by atoms with Crippen LogP contribution in [0.4, 0.5) is 0 Å². The Balaban J connectivity index is 1.99. The molecule has 0 amide bonds. The van der Waals surface area contributed by atoms with Crippen molar-refractivity contribution in [2.75, 3.05) is 26.7 Å². The molecule has 1 atom stereocenters. The largest absolute Gasteiger partial charge is 0.314 e. The molecule has 0 spiro atoms. The van der Waals surface area contributed by atoms with E-state index in [0.29, 0.717) is 6.04 Å². The van der Waals surface area contributed by atoms with Crippen LogP contribution in [0.3, 0.4) is 0 Å². The maximum absolute atomic E-state index is 3.49. The molecule has 1 unspecified atom stereocenters. The van der Waals surface area contributed by atoms with Crippen LogP contribution in [0.2, 0.25) is 0 Å². The van der Waals surface area contributed by atoms with Gasteiger partial charge in [-0.05, 0) is 62.9 Å². The lowest BCUT2D eigenvalue weighted by molar-refractivity contribution is 0.190. The smallest absolute Gasteiger partial charge is 0.0221 e. The number of benzene rings is 1. The van der Waals surface area contributed by atoms with Crippen LogP contribution in [0.15, 0.2) is 12.1 Å². The van der Waals surface area contributed by atoms with Crippen LogP contribution in [-0.2, 0) is 6.42 Å². The summed E-state index contributed by atoms with van der Waals surface area (Å²) >= 11 is 0. The molecule has 1 aliphatic rings. The number of rotatable bonds is 3. The van der Waals surface area contributed by atoms with Crippen LogP contribution >= 0.6 is 0 Å². The number of nitrogens with zero attached hydrogens (tertiary/aromatic N) is 1. The summed E-state index contributed by atoms with van der Waals surface area (Å²) in [6.45, 7) is 10.1. The van der Waals surface area contributed by atoms with E-state index in [1.807, 2.05) is 0 Å². The second-order valence-electron chi connectivity index (χ2n) is 5.74. The normalized spacial score (nSPS) is 21.2. The van der Waals surface area contributed by atoms with Gasteiger partial charge in [-0.1, -0.05) is 12.1 Å². The Hall–Kier alpha value is -0.860. The summed E-state index contributed by atoms with van der Waals surface area (Å²) in [6.07, 6.45) is 2.45. The second kappa shape index (κ2) is 5.85. The van der Waals surface area contributed by atoms with Gasteiger partial charge in [-0.15, -0.1) is 0 Å². The Morgan fingerprint density at radius 2 is 1.89 bits per heavy atom. The third-order valence-corrected chi connectivity index (χ3v) is 4.34. The zero-order valence-electron chi connectivity index (χ0n) is 12.2. The van der Waals surface area contributed by atoms with Gasteiger partial charge in [0.1, 0.15) is 0 Å². The van der Waals surface area contributed by atoms with Gasteiger partial charge < -0.3 is 10.2 Å². The third kappa shape index (κ3) is 3.12. The van der Waals surface area contributed by atoms with Crippen LogP contribution in [0, 0.1) is 20.8 Å². The summed E-state index contributed by atoms with van der Waals surface area (Å²) in [4.78, 5) is 2.49. The van der Waals surface area contributed by atoms with Gasteiger partial charge >= 0.3 is 0 Å². The average molecular weight is 246 g/mol. The molecular formula is C16H26N2. The van der Waals surface area contributed by atoms with E-state index in [1.54, 1.807) is 0 Å². The highest BCUT2D eigenvalue weighted by atomic mass is 15.2.